The van der Waals surface area contributed by atoms with E-state index in [1.54, 1.807) is 38.7 Å². The van der Waals surface area contributed by atoms with Crippen molar-refractivity contribution in [2.45, 2.75) is 57.6 Å². The molecule has 2 fully saturated rings. The summed E-state index contributed by atoms with van der Waals surface area (Å²) in [5.41, 5.74) is 3.74. The molecule has 0 N–H and O–H groups in total. The fraction of sp³-hybridized carbons (Fsp3) is 0.405. The number of hydrogen-bond acceptors (Lipinski definition) is 9. The quantitative estimate of drug-likeness (QED) is 0.137. The van der Waals surface area contributed by atoms with Gasteiger partial charge >= 0.3 is 5.69 Å². The summed E-state index contributed by atoms with van der Waals surface area (Å²) in [6.07, 6.45) is 6.70. The van der Waals surface area contributed by atoms with Crippen LogP contribution in [-0.2, 0) is 21.8 Å². The lowest BCUT2D eigenvalue weighted by atomic mass is 10.0. The first-order valence-electron chi connectivity index (χ1n) is 17.4. The minimum Gasteiger partial charge on any atom is -0.491 e. The normalized spacial score (nSPS) is 19.8. The number of nitrogens with zero attached hydrogens (tertiary/aromatic N) is 8. The first-order chi connectivity index (χ1) is 24.8. The standard InChI is InChI=1S/C37H42Cl2N8O4/c1-3-27(2)47-36(48)46(26-42-47)31-8-6-29(7-9-31)43-17-19-44(20-18-43)30-10-12-32(13-11-30)49-22-33-23-50-37(51-33,15-4-16-45-25-40-24-41-45)34-14-5-28(38)21-35(34)39/h5-14,21,24-27,33H,3-4,15-20,22-23H2,1-2H3/t27?,33-,37-/m1/s1. The number of ether oxygens (including phenoxy) is 3. The van der Waals surface area contributed by atoms with E-state index in [2.05, 4.69) is 49.2 Å². The monoisotopic (exact) mass is 732 g/mol. The fourth-order valence-corrected chi connectivity index (χ4v) is 7.18. The number of halogens is 2. The Bertz CT molecular complexity index is 1940. The number of piperazine rings is 1. The second-order valence-corrected chi connectivity index (χ2v) is 13.8. The van der Waals surface area contributed by atoms with Crippen molar-refractivity contribution in [3.8, 4) is 11.4 Å². The van der Waals surface area contributed by atoms with Crippen LogP contribution in [0.5, 0.6) is 5.75 Å². The van der Waals surface area contributed by atoms with Crippen LogP contribution < -0.4 is 20.2 Å². The Labute approximate surface area is 307 Å². The van der Waals surface area contributed by atoms with Crippen LogP contribution in [0.1, 0.15) is 44.7 Å². The Hall–Kier alpha value is -4.36. The maximum absolute atomic E-state index is 12.8. The highest BCUT2D eigenvalue weighted by Gasteiger charge is 2.44. The molecule has 0 aliphatic carbocycles. The third-order valence-electron chi connectivity index (χ3n) is 9.67. The number of rotatable bonds is 13. The van der Waals surface area contributed by atoms with E-state index >= 15 is 0 Å². The lowest BCUT2D eigenvalue weighted by Gasteiger charge is -2.37. The highest BCUT2D eigenvalue weighted by molar-refractivity contribution is 6.35. The molecule has 5 aromatic rings. The molecule has 0 saturated carbocycles. The van der Waals surface area contributed by atoms with Gasteiger partial charge in [-0.2, -0.15) is 10.2 Å². The first-order valence-corrected chi connectivity index (χ1v) is 18.2. The second-order valence-electron chi connectivity index (χ2n) is 13.0. The smallest absolute Gasteiger partial charge is 0.350 e. The Morgan fingerprint density at radius 1 is 0.922 bits per heavy atom. The number of aryl methyl sites for hydroxylation is 1. The largest absolute Gasteiger partial charge is 0.491 e. The maximum atomic E-state index is 12.8. The molecule has 4 heterocycles. The predicted molar refractivity (Wildman–Crippen MR) is 197 cm³/mol. The van der Waals surface area contributed by atoms with E-state index in [-0.39, 0.29) is 17.8 Å². The predicted octanol–water partition coefficient (Wildman–Crippen LogP) is 6.36. The van der Waals surface area contributed by atoms with Crippen LogP contribution in [0.2, 0.25) is 10.0 Å². The topological polar surface area (TPSA) is 105 Å². The average Bonchev–Trinajstić information content (AvgIpc) is 3.92. The summed E-state index contributed by atoms with van der Waals surface area (Å²) in [6.45, 7) is 8.99. The average molecular weight is 734 g/mol. The first kappa shape index (κ1) is 35.1. The molecule has 12 nitrogen and oxygen atoms in total. The zero-order valence-electron chi connectivity index (χ0n) is 28.8. The van der Waals surface area contributed by atoms with Crippen LogP contribution in [0, 0.1) is 0 Å². The van der Waals surface area contributed by atoms with E-state index in [0.29, 0.717) is 36.2 Å². The van der Waals surface area contributed by atoms with E-state index in [9.17, 15) is 4.79 Å². The van der Waals surface area contributed by atoms with Gasteiger partial charge in [-0.15, -0.1) is 0 Å². The number of aromatic nitrogens is 6. The van der Waals surface area contributed by atoms with Gasteiger partial charge in [0.05, 0.1) is 23.4 Å². The van der Waals surface area contributed by atoms with Gasteiger partial charge in [0, 0.05) is 61.1 Å². The third-order valence-corrected chi connectivity index (χ3v) is 10.2. The van der Waals surface area contributed by atoms with Crippen LogP contribution in [0.25, 0.3) is 5.69 Å². The van der Waals surface area contributed by atoms with Crippen molar-refractivity contribution < 1.29 is 14.2 Å². The third kappa shape index (κ3) is 7.79. The maximum Gasteiger partial charge on any atom is 0.350 e. The molecular formula is C37H42Cl2N8O4. The summed E-state index contributed by atoms with van der Waals surface area (Å²) in [5, 5.41) is 9.55. The lowest BCUT2D eigenvalue weighted by molar-refractivity contribution is -0.185. The molecule has 2 aliphatic rings. The number of hydrogen-bond donors (Lipinski definition) is 0. The number of anilines is 2. The highest BCUT2D eigenvalue weighted by Crippen LogP contribution is 2.42. The Morgan fingerprint density at radius 2 is 1.61 bits per heavy atom. The van der Waals surface area contributed by atoms with Crippen LogP contribution in [0.4, 0.5) is 11.4 Å². The van der Waals surface area contributed by atoms with Crippen molar-refractivity contribution in [3.05, 3.63) is 112 Å². The van der Waals surface area contributed by atoms with E-state index in [0.717, 1.165) is 67.4 Å². The van der Waals surface area contributed by atoms with E-state index in [1.807, 2.05) is 44.2 Å². The lowest BCUT2D eigenvalue weighted by Crippen LogP contribution is -2.46. The van der Waals surface area contributed by atoms with Crippen LogP contribution in [-0.4, -0.2) is 74.6 Å². The van der Waals surface area contributed by atoms with Gasteiger partial charge < -0.3 is 24.0 Å². The molecule has 1 unspecified atom stereocenters. The van der Waals surface area contributed by atoms with Crippen molar-refractivity contribution in [3.63, 3.8) is 0 Å². The molecule has 7 rings (SSSR count). The summed E-state index contributed by atoms with van der Waals surface area (Å²) in [4.78, 5) is 21.6. The minimum absolute atomic E-state index is 0.0652. The second kappa shape index (κ2) is 15.5. The van der Waals surface area contributed by atoms with Gasteiger partial charge in [0.15, 0.2) is 5.79 Å². The molecule has 51 heavy (non-hydrogen) atoms. The Balaban J connectivity index is 0.913. The molecule has 2 aromatic heterocycles. The van der Waals surface area contributed by atoms with Crippen molar-refractivity contribution in [1.29, 1.82) is 0 Å². The summed E-state index contributed by atoms with van der Waals surface area (Å²) in [6, 6.07) is 21.8. The van der Waals surface area contributed by atoms with Gasteiger partial charge in [-0.05, 0) is 80.4 Å². The highest BCUT2D eigenvalue weighted by atomic mass is 35.5. The molecule has 2 saturated heterocycles. The molecule has 2 aliphatic heterocycles. The van der Waals surface area contributed by atoms with Gasteiger partial charge in [0.2, 0.25) is 0 Å². The summed E-state index contributed by atoms with van der Waals surface area (Å²) >= 11 is 12.8. The van der Waals surface area contributed by atoms with E-state index in [4.69, 9.17) is 37.4 Å². The molecule has 0 amide bonds. The molecule has 268 valence electrons. The van der Waals surface area contributed by atoms with Crippen LogP contribution in [0.15, 0.2) is 90.5 Å². The molecular weight excluding hydrogens is 691 g/mol. The van der Waals surface area contributed by atoms with Crippen molar-refractivity contribution in [2.24, 2.45) is 0 Å². The molecule has 0 spiro atoms. The van der Waals surface area contributed by atoms with Gasteiger partial charge in [0.25, 0.3) is 0 Å². The van der Waals surface area contributed by atoms with E-state index < -0.39 is 5.79 Å². The summed E-state index contributed by atoms with van der Waals surface area (Å²) in [7, 11) is 0. The molecule has 14 heteroatoms. The molecule has 3 atom stereocenters. The molecule has 3 aromatic carbocycles. The fourth-order valence-electron chi connectivity index (χ4n) is 6.63. The minimum atomic E-state index is -1.01. The Morgan fingerprint density at radius 3 is 2.25 bits per heavy atom. The summed E-state index contributed by atoms with van der Waals surface area (Å²) < 4.78 is 24.0. The van der Waals surface area contributed by atoms with Gasteiger partial charge in [-0.1, -0.05) is 36.2 Å². The zero-order chi connectivity index (χ0) is 35.4. The summed E-state index contributed by atoms with van der Waals surface area (Å²) in [5.74, 6) is -0.246. The Kier molecular flexibility index (Phi) is 10.6. The van der Waals surface area contributed by atoms with Crippen molar-refractivity contribution in [2.75, 3.05) is 49.2 Å². The molecule has 0 bridgehead atoms. The van der Waals surface area contributed by atoms with E-state index in [1.165, 1.54) is 6.33 Å². The van der Waals surface area contributed by atoms with Crippen molar-refractivity contribution >= 4 is 34.6 Å². The molecule has 0 radical (unpaired) electrons. The SMILES string of the molecule is CCC(C)n1ncn(-c2ccc(N3CCN(c4ccc(OC[C@@H]5CO[C@@](CCCn6cncn6)(c6ccc(Cl)cc6Cl)O5)cc4)CC3)cc2)c1=O. The van der Waals surface area contributed by atoms with Crippen LogP contribution in [0.3, 0.4) is 0 Å². The van der Waals surface area contributed by atoms with Gasteiger partial charge in [-0.3, -0.25) is 4.68 Å². The van der Waals surface area contributed by atoms with Gasteiger partial charge in [0.1, 0.15) is 37.4 Å². The zero-order valence-corrected chi connectivity index (χ0v) is 30.3. The number of benzene rings is 3. The van der Waals surface area contributed by atoms with Crippen LogP contribution >= 0.6 is 23.2 Å². The van der Waals surface area contributed by atoms with Gasteiger partial charge in [-0.25, -0.2) is 19.0 Å². The van der Waals surface area contributed by atoms with Crippen molar-refractivity contribution in [1.82, 2.24) is 29.1 Å².